The fourth-order valence-electron chi connectivity index (χ4n) is 2.08. The Balaban J connectivity index is 1.78. The molecular weight excluding hydrogens is 382 g/mol. The van der Waals surface area contributed by atoms with Gasteiger partial charge in [-0.1, -0.05) is 28.1 Å². The Morgan fingerprint density at radius 3 is 2.60 bits per heavy atom. The molecule has 1 heterocycles. The van der Waals surface area contributed by atoms with Crippen molar-refractivity contribution in [3.63, 3.8) is 0 Å². The molecule has 3 aromatic rings. The van der Waals surface area contributed by atoms with E-state index in [9.17, 15) is 4.79 Å². The molecule has 2 N–H and O–H groups in total. The Hall–Kier alpha value is -3.24. The van der Waals surface area contributed by atoms with Gasteiger partial charge in [0.05, 0.1) is 11.3 Å². The van der Waals surface area contributed by atoms with Crippen LogP contribution in [0, 0.1) is 11.3 Å². The molecule has 0 saturated heterocycles. The molecule has 0 radical (unpaired) electrons. The average Bonchev–Trinajstić information content (AvgIpc) is 2.64. The molecule has 0 aliphatic heterocycles. The maximum atomic E-state index is 12.3. The molecule has 0 fully saturated rings. The van der Waals surface area contributed by atoms with Gasteiger partial charge in [0.2, 0.25) is 5.95 Å². The van der Waals surface area contributed by atoms with Crippen molar-refractivity contribution in [3.8, 4) is 6.07 Å². The minimum absolute atomic E-state index is 0.217. The molecule has 0 unspecified atom stereocenters. The van der Waals surface area contributed by atoms with Crippen LogP contribution in [-0.4, -0.2) is 15.9 Å². The minimum atomic E-state index is -0.346. The van der Waals surface area contributed by atoms with E-state index in [1.165, 1.54) is 12.3 Å². The van der Waals surface area contributed by atoms with E-state index in [0.29, 0.717) is 16.9 Å². The molecule has 3 rings (SSSR count). The van der Waals surface area contributed by atoms with Crippen LogP contribution in [0.2, 0.25) is 0 Å². The number of rotatable bonds is 4. The summed E-state index contributed by atoms with van der Waals surface area (Å²) in [6.07, 6.45) is 1.49. The zero-order chi connectivity index (χ0) is 17.6. The summed E-state index contributed by atoms with van der Waals surface area (Å²) in [5, 5.41) is 14.9. The largest absolute Gasteiger partial charge is 0.323 e. The first-order valence-electron chi connectivity index (χ1n) is 7.32. The van der Waals surface area contributed by atoms with Crippen molar-refractivity contribution in [2.45, 2.75) is 0 Å². The molecule has 0 saturated carbocycles. The number of nitrogens with one attached hydrogen (secondary N) is 2. The quantitative estimate of drug-likeness (QED) is 0.695. The SMILES string of the molecule is N#Cc1ccccc1Nc1nccc(C(=O)Nc2ccc(Br)cc2)n1. The van der Waals surface area contributed by atoms with Crippen LogP contribution in [-0.2, 0) is 0 Å². The fraction of sp³-hybridized carbons (Fsp3) is 0. The molecule has 6 nitrogen and oxygen atoms in total. The molecule has 2 aromatic carbocycles. The number of amides is 1. The van der Waals surface area contributed by atoms with Crippen molar-refractivity contribution in [3.05, 3.63) is 76.5 Å². The molecular formula is C18H12BrN5O. The van der Waals surface area contributed by atoms with Gasteiger partial charge in [-0.15, -0.1) is 0 Å². The molecule has 0 atom stereocenters. The highest BCUT2D eigenvalue weighted by Crippen LogP contribution is 2.18. The maximum absolute atomic E-state index is 12.3. The van der Waals surface area contributed by atoms with E-state index in [1.807, 2.05) is 12.1 Å². The van der Waals surface area contributed by atoms with Crippen LogP contribution in [0.1, 0.15) is 16.1 Å². The summed E-state index contributed by atoms with van der Waals surface area (Å²) in [4.78, 5) is 20.6. The van der Waals surface area contributed by atoms with Gasteiger partial charge in [-0.3, -0.25) is 4.79 Å². The van der Waals surface area contributed by atoms with Crippen LogP contribution in [0.4, 0.5) is 17.3 Å². The normalized spacial score (nSPS) is 9.92. The lowest BCUT2D eigenvalue weighted by Gasteiger charge is -2.08. The van der Waals surface area contributed by atoms with Crippen LogP contribution in [0.5, 0.6) is 0 Å². The fourth-order valence-corrected chi connectivity index (χ4v) is 2.35. The van der Waals surface area contributed by atoms with Crippen LogP contribution in [0.3, 0.4) is 0 Å². The van der Waals surface area contributed by atoms with Gasteiger partial charge in [-0.2, -0.15) is 5.26 Å². The van der Waals surface area contributed by atoms with E-state index < -0.39 is 0 Å². The van der Waals surface area contributed by atoms with Crippen molar-refractivity contribution in [2.75, 3.05) is 10.6 Å². The summed E-state index contributed by atoms with van der Waals surface area (Å²) in [5.41, 5.74) is 1.93. The lowest BCUT2D eigenvalue weighted by molar-refractivity contribution is 0.102. The highest BCUT2D eigenvalue weighted by molar-refractivity contribution is 9.10. The first kappa shape index (κ1) is 16.6. The van der Waals surface area contributed by atoms with E-state index in [4.69, 9.17) is 5.26 Å². The summed E-state index contributed by atoms with van der Waals surface area (Å²) < 4.78 is 0.926. The standard InChI is InChI=1S/C18H12BrN5O/c19-13-5-7-14(8-6-13)22-17(25)16-9-10-21-18(24-16)23-15-4-2-1-3-12(15)11-20/h1-10H,(H,22,25)(H,21,23,24). The Bertz CT molecular complexity index is 950. The van der Waals surface area contributed by atoms with E-state index >= 15 is 0 Å². The highest BCUT2D eigenvalue weighted by atomic mass is 79.9. The lowest BCUT2D eigenvalue weighted by atomic mass is 10.2. The second-order valence-electron chi connectivity index (χ2n) is 5.01. The molecule has 1 aromatic heterocycles. The number of carbonyl (C=O) groups excluding carboxylic acids is 1. The number of nitriles is 1. The summed E-state index contributed by atoms with van der Waals surface area (Å²) in [7, 11) is 0. The van der Waals surface area contributed by atoms with Gasteiger partial charge >= 0.3 is 0 Å². The van der Waals surface area contributed by atoms with Crippen molar-refractivity contribution < 1.29 is 4.79 Å². The molecule has 0 bridgehead atoms. The van der Waals surface area contributed by atoms with Gasteiger partial charge in [0.15, 0.2) is 0 Å². The number of anilines is 3. The number of nitrogens with zero attached hydrogens (tertiary/aromatic N) is 3. The first-order valence-corrected chi connectivity index (χ1v) is 8.11. The second kappa shape index (κ2) is 7.55. The highest BCUT2D eigenvalue weighted by Gasteiger charge is 2.10. The van der Waals surface area contributed by atoms with E-state index in [1.54, 1.807) is 36.4 Å². The number of halogens is 1. The van der Waals surface area contributed by atoms with Crippen molar-refractivity contribution in [2.24, 2.45) is 0 Å². The zero-order valence-electron chi connectivity index (χ0n) is 12.9. The van der Waals surface area contributed by atoms with Crippen LogP contribution in [0.25, 0.3) is 0 Å². The number of para-hydroxylation sites is 1. The summed E-state index contributed by atoms with van der Waals surface area (Å²) in [5.74, 6) is -0.104. The smallest absolute Gasteiger partial charge is 0.274 e. The molecule has 0 aliphatic carbocycles. The third-order valence-corrected chi connectivity index (χ3v) is 3.81. The van der Waals surface area contributed by atoms with E-state index in [0.717, 1.165) is 4.47 Å². The summed E-state index contributed by atoms with van der Waals surface area (Å²) in [6, 6.07) is 17.9. The topological polar surface area (TPSA) is 90.7 Å². The van der Waals surface area contributed by atoms with Gasteiger partial charge in [0.25, 0.3) is 5.91 Å². The lowest BCUT2D eigenvalue weighted by Crippen LogP contribution is -2.14. The number of benzene rings is 2. The Labute approximate surface area is 152 Å². The van der Waals surface area contributed by atoms with E-state index in [-0.39, 0.29) is 17.5 Å². The number of carbonyl (C=O) groups is 1. The Morgan fingerprint density at radius 2 is 1.84 bits per heavy atom. The third kappa shape index (κ3) is 4.19. The first-order chi connectivity index (χ1) is 12.2. The number of hydrogen-bond donors (Lipinski definition) is 2. The van der Waals surface area contributed by atoms with Crippen LogP contribution < -0.4 is 10.6 Å². The van der Waals surface area contributed by atoms with Gasteiger partial charge < -0.3 is 10.6 Å². The Morgan fingerprint density at radius 1 is 1.08 bits per heavy atom. The van der Waals surface area contributed by atoms with Crippen molar-refractivity contribution >= 4 is 39.2 Å². The zero-order valence-corrected chi connectivity index (χ0v) is 14.5. The van der Waals surface area contributed by atoms with E-state index in [2.05, 4.69) is 42.6 Å². The number of hydrogen-bond acceptors (Lipinski definition) is 5. The molecule has 25 heavy (non-hydrogen) atoms. The van der Waals surface area contributed by atoms with Crippen molar-refractivity contribution in [1.29, 1.82) is 5.26 Å². The van der Waals surface area contributed by atoms with Gasteiger partial charge in [0, 0.05) is 16.4 Å². The molecule has 7 heteroatoms. The van der Waals surface area contributed by atoms with Gasteiger partial charge in [-0.25, -0.2) is 9.97 Å². The second-order valence-corrected chi connectivity index (χ2v) is 5.92. The monoisotopic (exact) mass is 393 g/mol. The summed E-state index contributed by atoms with van der Waals surface area (Å²) in [6.45, 7) is 0. The maximum Gasteiger partial charge on any atom is 0.274 e. The minimum Gasteiger partial charge on any atom is -0.323 e. The van der Waals surface area contributed by atoms with Crippen LogP contribution in [0.15, 0.2) is 65.3 Å². The third-order valence-electron chi connectivity index (χ3n) is 3.28. The molecule has 0 spiro atoms. The molecule has 1 amide bonds. The predicted octanol–water partition coefficient (Wildman–Crippen LogP) is 4.11. The number of aromatic nitrogens is 2. The van der Waals surface area contributed by atoms with Crippen molar-refractivity contribution in [1.82, 2.24) is 9.97 Å². The molecule has 122 valence electrons. The molecule has 0 aliphatic rings. The Kier molecular flexibility index (Phi) is 5.02. The van der Waals surface area contributed by atoms with Crippen LogP contribution >= 0.6 is 15.9 Å². The summed E-state index contributed by atoms with van der Waals surface area (Å²) >= 11 is 3.34. The predicted molar refractivity (Wildman–Crippen MR) is 98.6 cm³/mol. The average molecular weight is 394 g/mol. The van der Waals surface area contributed by atoms with Gasteiger partial charge in [0.1, 0.15) is 11.8 Å². The van der Waals surface area contributed by atoms with Gasteiger partial charge in [-0.05, 0) is 42.5 Å².